The van der Waals surface area contributed by atoms with Gasteiger partial charge in [-0.3, -0.25) is 0 Å². The first-order chi connectivity index (χ1) is 27.7. The molecule has 288 valence electrons. The Bertz CT molecular complexity index is 1960. The molecule has 0 saturated carbocycles. The molecule has 9 nitrogen and oxygen atoms in total. The summed E-state index contributed by atoms with van der Waals surface area (Å²) in [6.07, 6.45) is -2.55. The van der Waals surface area contributed by atoms with E-state index in [0.29, 0.717) is 31.3 Å². The number of fused-ring (bicyclic) bond motifs is 1. The molecule has 0 N–H and O–H groups in total. The maximum Gasteiger partial charge on any atom is 0.229 e. The number of rotatable bonds is 15. The first kappa shape index (κ1) is 37.7. The SMILES string of the molecule is C=C(O[C@H]1C=CO[C@@H]2CO[C@@H](c3ccccc3)O[C@@H]12)[C@H]1O[C@H](Oc2ccccc2)[C@@H](OCc2ccccc2)[C@@H](OCc2ccccc2)[C@@H]1OCc1ccccc1. The van der Waals surface area contributed by atoms with Gasteiger partial charge in [-0.25, -0.2) is 0 Å². The van der Waals surface area contributed by atoms with Crippen LogP contribution >= 0.6 is 0 Å². The summed E-state index contributed by atoms with van der Waals surface area (Å²) < 4.78 is 59.2. The minimum Gasteiger partial charge on any atom is -0.493 e. The van der Waals surface area contributed by atoms with Crippen molar-refractivity contribution in [3.63, 3.8) is 0 Å². The van der Waals surface area contributed by atoms with E-state index in [1.54, 1.807) is 6.26 Å². The van der Waals surface area contributed by atoms with Crippen LogP contribution in [0.25, 0.3) is 0 Å². The van der Waals surface area contributed by atoms with Gasteiger partial charge in [0.15, 0.2) is 12.4 Å². The monoisotopic (exact) mass is 754 g/mol. The van der Waals surface area contributed by atoms with Crippen molar-refractivity contribution < 1.29 is 42.6 Å². The first-order valence-electron chi connectivity index (χ1n) is 19.0. The van der Waals surface area contributed by atoms with E-state index in [1.807, 2.05) is 158 Å². The van der Waals surface area contributed by atoms with Crippen molar-refractivity contribution in [1.82, 2.24) is 0 Å². The Hall–Kier alpha value is -5.26. The molecular formula is C47H46O9. The molecule has 2 saturated heterocycles. The molecule has 0 aliphatic carbocycles. The van der Waals surface area contributed by atoms with E-state index in [2.05, 4.69) is 6.58 Å². The highest BCUT2D eigenvalue weighted by Gasteiger charge is 2.52. The average molecular weight is 755 g/mol. The quantitative estimate of drug-likeness (QED) is 0.0978. The summed E-state index contributed by atoms with van der Waals surface area (Å²) in [6.45, 7) is 5.65. The van der Waals surface area contributed by atoms with Crippen molar-refractivity contribution in [2.24, 2.45) is 0 Å². The molecule has 0 radical (unpaired) electrons. The Kier molecular flexibility index (Phi) is 12.5. The zero-order valence-electron chi connectivity index (χ0n) is 31.0. The van der Waals surface area contributed by atoms with Gasteiger partial charge >= 0.3 is 0 Å². The van der Waals surface area contributed by atoms with Crippen molar-refractivity contribution in [3.8, 4) is 5.75 Å². The van der Waals surface area contributed by atoms with Crippen LogP contribution in [0, 0.1) is 0 Å². The van der Waals surface area contributed by atoms with E-state index in [9.17, 15) is 0 Å². The number of hydrogen-bond donors (Lipinski definition) is 0. The zero-order valence-corrected chi connectivity index (χ0v) is 31.0. The van der Waals surface area contributed by atoms with Gasteiger partial charge in [-0.05, 0) is 34.9 Å². The fourth-order valence-corrected chi connectivity index (χ4v) is 7.06. The smallest absolute Gasteiger partial charge is 0.229 e. The van der Waals surface area contributed by atoms with Crippen molar-refractivity contribution in [3.05, 3.63) is 199 Å². The number of ether oxygens (including phenoxy) is 9. The highest BCUT2D eigenvalue weighted by Crippen LogP contribution is 2.37. The number of hydrogen-bond acceptors (Lipinski definition) is 9. The Morgan fingerprint density at radius 3 is 1.70 bits per heavy atom. The summed E-state index contributed by atoms with van der Waals surface area (Å²) in [5.41, 5.74) is 3.89. The van der Waals surface area contributed by atoms with Gasteiger partial charge in [0.2, 0.25) is 6.29 Å². The lowest BCUT2D eigenvalue weighted by Gasteiger charge is -2.47. The van der Waals surface area contributed by atoms with Gasteiger partial charge in [0, 0.05) is 5.56 Å². The van der Waals surface area contributed by atoms with E-state index >= 15 is 0 Å². The van der Waals surface area contributed by atoms with E-state index in [1.165, 1.54) is 0 Å². The molecule has 0 spiro atoms. The van der Waals surface area contributed by atoms with E-state index in [4.69, 9.17) is 42.6 Å². The highest BCUT2D eigenvalue weighted by atomic mass is 16.7. The second-order valence-corrected chi connectivity index (χ2v) is 13.9. The first-order valence-corrected chi connectivity index (χ1v) is 19.0. The molecular weight excluding hydrogens is 709 g/mol. The summed E-state index contributed by atoms with van der Waals surface area (Å²) >= 11 is 0. The lowest BCUT2D eigenvalue weighted by Crippen LogP contribution is -2.62. The lowest BCUT2D eigenvalue weighted by atomic mass is 9.96. The summed E-state index contributed by atoms with van der Waals surface area (Å²) in [5.74, 6) is 0.931. The van der Waals surface area contributed by atoms with Crippen molar-refractivity contribution >= 4 is 0 Å². The molecule has 8 rings (SSSR count). The van der Waals surface area contributed by atoms with E-state index in [0.717, 1.165) is 22.3 Å². The molecule has 5 aromatic rings. The summed E-state index contributed by atoms with van der Waals surface area (Å²) in [6, 6.07) is 49.4. The predicted molar refractivity (Wildman–Crippen MR) is 209 cm³/mol. The third kappa shape index (κ3) is 9.39. The van der Waals surface area contributed by atoms with E-state index in [-0.39, 0.29) is 12.7 Å². The van der Waals surface area contributed by atoms with Crippen LogP contribution in [0.3, 0.4) is 0 Å². The van der Waals surface area contributed by atoms with Gasteiger partial charge in [-0.15, -0.1) is 0 Å². The summed E-state index contributed by atoms with van der Waals surface area (Å²) in [5, 5.41) is 0. The average Bonchev–Trinajstić information content (AvgIpc) is 3.26. The number of para-hydroxylation sites is 1. The molecule has 9 atom stereocenters. The van der Waals surface area contributed by atoms with Gasteiger partial charge in [0.1, 0.15) is 48.1 Å². The summed E-state index contributed by atoms with van der Waals surface area (Å²) in [7, 11) is 0. The molecule has 3 aliphatic rings. The van der Waals surface area contributed by atoms with Crippen LogP contribution in [0.15, 0.2) is 176 Å². The fraction of sp³-hybridized carbons (Fsp3) is 0.277. The van der Waals surface area contributed by atoms with Crippen LogP contribution < -0.4 is 4.74 Å². The minimum atomic E-state index is -0.941. The van der Waals surface area contributed by atoms with Crippen LogP contribution in [0.4, 0.5) is 0 Å². The predicted octanol–water partition coefficient (Wildman–Crippen LogP) is 8.47. The molecule has 0 unspecified atom stereocenters. The second-order valence-electron chi connectivity index (χ2n) is 13.9. The van der Waals surface area contributed by atoms with Gasteiger partial charge in [-0.1, -0.05) is 146 Å². The molecule has 0 amide bonds. The Labute approximate surface area is 327 Å². The van der Waals surface area contributed by atoms with Crippen LogP contribution in [0.5, 0.6) is 5.75 Å². The van der Waals surface area contributed by atoms with Crippen LogP contribution in [0.2, 0.25) is 0 Å². The molecule has 0 aromatic heterocycles. The van der Waals surface area contributed by atoms with Crippen LogP contribution in [0.1, 0.15) is 28.5 Å². The largest absolute Gasteiger partial charge is 0.493 e. The van der Waals surface area contributed by atoms with Crippen molar-refractivity contribution in [2.75, 3.05) is 6.61 Å². The second kappa shape index (κ2) is 18.6. The molecule has 2 fully saturated rings. The lowest BCUT2D eigenvalue weighted by molar-refractivity contribution is -0.306. The highest BCUT2D eigenvalue weighted by molar-refractivity contribution is 5.23. The van der Waals surface area contributed by atoms with Crippen molar-refractivity contribution in [2.45, 2.75) is 75.1 Å². The fourth-order valence-electron chi connectivity index (χ4n) is 7.06. The topological polar surface area (TPSA) is 83.1 Å². The third-order valence-electron chi connectivity index (χ3n) is 9.93. The zero-order chi connectivity index (χ0) is 37.9. The standard InChI is InChI=1S/C47H46O9/c1-33(53-39-27-28-48-40-32-52-46(56-42(39)40)37-23-13-5-14-24-37)41-43(49-29-34-17-7-2-8-18-34)44(50-30-35-19-9-3-10-20-35)45(51-31-36-21-11-4-12-22-36)47(55-41)54-38-25-15-6-16-26-38/h2-28,39-47H,1,29-32H2/t39-,40+,41+,42-,43+,44-,45-,46+,47-/m0/s1. The molecule has 5 aromatic carbocycles. The summed E-state index contributed by atoms with van der Waals surface area (Å²) in [4.78, 5) is 0. The normalized spacial score (nSPS) is 27.0. The van der Waals surface area contributed by atoms with E-state index < -0.39 is 49.2 Å². The Morgan fingerprint density at radius 1 is 0.589 bits per heavy atom. The van der Waals surface area contributed by atoms with Gasteiger partial charge < -0.3 is 42.6 Å². The molecule has 56 heavy (non-hydrogen) atoms. The van der Waals surface area contributed by atoms with Crippen LogP contribution in [-0.4, -0.2) is 55.6 Å². The molecule has 3 aliphatic heterocycles. The molecule has 3 heterocycles. The Morgan fingerprint density at radius 2 is 1.11 bits per heavy atom. The minimum absolute atomic E-state index is 0.278. The van der Waals surface area contributed by atoms with Gasteiger partial charge in [0.25, 0.3) is 0 Å². The number of benzene rings is 5. The molecule has 0 bridgehead atoms. The van der Waals surface area contributed by atoms with Crippen LogP contribution in [-0.2, 0) is 57.7 Å². The third-order valence-corrected chi connectivity index (χ3v) is 9.93. The molecule has 9 heteroatoms. The maximum atomic E-state index is 6.91. The van der Waals surface area contributed by atoms with Gasteiger partial charge in [0.05, 0.1) is 32.7 Å². The Balaban J connectivity index is 1.12. The van der Waals surface area contributed by atoms with Gasteiger partial charge in [-0.2, -0.15) is 0 Å². The van der Waals surface area contributed by atoms with Crippen molar-refractivity contribution in [1.29, 1.82) is 0 Å². The maximum absolute atomic E-state index is 6.91.